The SMILES string of the molecule is O=C(N[C@H](CO)c1ccccc1)Nn1cnc2ccccc21. The van der Waals surface area contributed by atoms with Gasteiger partial charge in [-0.15, -0.1) is 0 Å². The molecule has 0 fully saturated rings. The molecule has 0 spiro atoms. The molecule has 0 saturated heterocycles. The van der Waals surface area contributed by atoms with Gasteiger partial charge in [0.2, 0.25) is 0 Å². The van der Waals surface area contributed by atoms with Gasteiger partial charge >= 0.3 is 6.03 Å². The van der Waals surface area contributed by atoms with E-state index in [0.717, 1.165) is 16.6 Å². The molecule has 2 amide bonds. The quantitative estimate of drug-likeness (QED) is 0.689. The number of aliphatic hydroxyl groups is 1. The van der Waals surface area contributed by atoms with E-state index in [-0.39, 0.29) is 6.61 Å². The lowest BCUT2D eigenvalue weighted by molar-refractivity contribution is 0.223. The number of carbonyl (C=O) groups is 1. The number of para-hydroxylation sites is 2. The molecule has 0 bridgehead atoms. The zero-order valence-electron chi connectivity index (χ0n) is 11.8. The highest BCUT2D eigenvalue weighted by Crippen LogP contribution is 2.12. The van der Waals surface area contributed by atoms with E-state index in [4.69, 9.17) is 0 Å². The molecular weight excluding hydrogens is 280 g/mol. The predicted molar refractivity (Wildman–Crippen MR) is 83.9 cm³/mol. The van der Waals surface area contributed by atoms with Gasteiger partial charge in [-0.3, -0.25) is 0 Å². The topological polar surface area (TPSA) is 79.2 Å². The number of benzene rings is 2. The number of hydrogen-bond donors (Lipinski definition) is 3. The van der Waals surface area contributed by atoms with E-state index in [2.05, 4.69) is 15.7 Å². The van der Waals surface area contributed by atoms with Crippen LogP contribution in [0.2, 0.25) is 0 Å². The molecule has 0 saturated carbocycles. The summed E-state index contributed by atoms with van der Waals surface area (Å²) in [5.41, 5.74) is 5.14. The van der Waals surface area contributed by atoms with Crippen LogP contribution in [0.4, 0.5) is 4.79 Å². The number of hydrogen-bond acceptors (Lipinski definition) is 3. The zero-order chi connectivity index (χ0) is 15.4. The van der Waals surface area contributed by atoms with Crippen molar-refractivity contribution in [3.05, 3.63) is 66.5 Å². The minimum atomic E-state index is -0.462. The van der Waals surface area contributed by atoms with Crippen LogP contribution in [-0.4, -0.2) is 27.4 Å². The number of aromatic nitrogens is 2. The van der Waals surface area contributed by atoms with E-state index in [9.17, 15) is 9.90 Å². The Morgan fingerprint density at radius 2 is 1.86 bits per heavy atom. The Balaban J connectivity index is 1.72. The lowest BCUT2D eigenvalue weighted by Gasteiger charge is -2.17. The maximum atomic E-state index is 12.1. The van der Waals surface area contributed by atoms with E-state index >= 15 is 0 Å². The third kappa shape index (κ3) is 2.91. The number of rotatable bonds is 4. The molecule has 1 aromatic heterocycles. The van der Waals surface area contributed by atoms with Crippen molar-refractivity contribution >= 4 is 17.1 Å². The van der Waals surface area contributed by atoms with Gasteiger partial charge in [-0.05, 0) is 17.7 Å². The molecule has 1 atom stereocenters. The van der Waals surface area contributed by atoms with E-state index < -0.39 is 12.1 Å². The maximum absolute atomic E-state index is 12.1. The normalized spacial score (nSPS) is 12.0. The average Bonchev–Trinajstić information content (AvgIpc) is 2.96. The predicted octanol–water partition coefficient (Wildman–Crippen LogP) is 2.02. The van der Waals surface area contributed by atoms with Gasteiger partial charge in [0.15, 0.2) is 0 Å². The summed E-state index contributed by atoms with van der Waals surface area (Å²) < 4.78 is 1.55. The van der Waals surface area contributed by atoms with Gasteiger partial charge < -0.3 is 10.4 Å². The largest absolute Gasteiger partial charge is 0.394 e. The number of imidazole rings is 1. The van der Waals surface area contributed by atoms with Gasteiger partial charge in [-0.25, -0.2) is 19.9 Å². The molecule has 1 heterocycles. The molecule has 3 rings (SSSR count). The lowest BCUT2D eigenvalue weighted by Crippen LogP contribution is -2.37. The number of nitrogens with one attached hydrogen (secondary N) is 2. The Labute approximate surface area is 127 Å². The third-order valence-electron chi connectivity index (χ3n) is 3.37. The van der Waals surface area contributed by atoms with Crippen LogP contribution in [0.25, 0.3) is 11.0 Å². The van der Waals surface area contributed by atoms with E-state index in [1.165, 1.54) is 0 Å². The molecule has 0 aliphatic carbocycles. The Morgan fingerprint density at radius 3 is 2.64 bits per heavy atom. The lowest BCUT2D eigenvalue weighted by atomic mass is 10.1. The van der Waals surface area contributed by atoms with E-state index in [1.807, 2.05) is 54.6 Å². The van der Waals surface area contributed by atoms with Crippen molar-refractivity contribution in [1.29, 1.82) is 0 Å². The molecule has 0 aliphatic heterocycles. The number of amides is 2. The monoisotopic (exact) mass is 296 g/mol. The first kappa shape index (κ1) is 14.1. The Hall–Kier alpha value is -2.86. The summed E-state index contributed by atoms with van der Waals surface area (Å²) in [6.07, 6.45) is 1.54. The van der Waals surface area contributed by atoms with Gasteiger partial charge in [0.05, 0.1) is 23.7 Å². The standard InChI is InChI=1S/C16H16N4O2/c21-10-14(12-6-2-1-3-7-12)18-16(22)19-20-11-17-13-8-4-5-9-15(13)20/h1-9,11,14,21H,10H2,(H2,18,19,22)/t14-/m1/s1. The van der Waals surface area contributed by atoms with Gasteiger partial charge in [-0.1, -0.05) is 42.5 Å². The summed E-state index contributed by atoms with van der Waals surface area (Å²) in [5.74, 6) is 0. The molecule has 6 nitrogen and oxygen atoms in total. The van der Waals surface area contributed by atoms with Crippen molar-refractivity contribution in [1.82, 2.24) is 15.0 Å². The summed E-state index contributed by atoms with van der Waals surface area (Å²) in [6, 6.07) is 15.9. The number of urea groups is 1. The second-order valence-electron chi connectivity index (χ2n) is 4.83. The highest BCUT2D eigenvalue weighted by molar-refractivity contribution is 5.85. The fraction of sp³-hybridized carbons (Fsp3) is 0.125. The second-order valence-corrected chi connectivity index (χ2v) is 4.83. The summed E-state index contributed by atoms with van der Waals surface area (Å²) in [7, 11) is 0. The fourth-order valence-electron chi connectivity index (χ4n) is 2.27. The van der Waals surface area contributed by atoms with Crippen molar-refractivity contribution in [2.24, 2.45) is 0 Å². The zero-order valence-corrected chi connectivity index (χ0v) is 11.8. The summed E-state index contributed by atoms with van der Waals surface area (Å²) >= 11 is 0. The van der Waals surface area contributed by atoms with Crippen LogP contribution >= 0.6 is 0 Å². The molecule has 3 aromatic rings. The van der Waals surface area contributed by atoms with Gasteiger partial charge in [-0.2, -0.15) is 0 Å². The van der Waals surface area contributed by atoms with Gasteiger partial charge in [0, 0.05) is 0 Å². The fourth-order valence-corrected chi connectivity index (χ4v) is 2.27. The van der Waals surface area contributed by atoms with Crippen LogP contribution in [0, 0.1) is 0 Å². The Morgan fingerprint density at radius 1 is 1.14 bits per heavy atom. The highest BCUT2D eigenvalue weighted by atomic mass is 16.3. The van der Waals surface area contributed by atoms with Crippen LogP contribution in [0.3, 0.4) is 0 Å². The van der Waals surface area contributed by atoms with Crippen LogP contribution < -0.4 is 10.7 Å². The molecule has 0 radical (unpaired) electrons. The molecule has 2 aromatic carbocycles. The van der Waals surface area contributed by atoms with Crippen molar-refractivity contribution in [2.45, 2.75) is 6.04 Å². The number of nitrogens with zero attached hydrogens (tertiary/aromatic N) is 2. The summed E-state index contributed by atoms with van der Waals surface area (Å²) in [4.78, 5) is 16.3. The van der Waals surface area contributed by atoms with Crippen molar-refractivity contribution in [3.8, 4) is 0 Å². The van der Waals surface area contributed by atoms with Crippen molar-refractivity contribution in [3.63, 3.8) is 0 Å². The summed E-state index contributed by atoms with van der Waals surface area (Å²) in [6.45, 7) is -0.178. The Kier molecular flexibility index (Phi) is 4.02. The molecule has 0 unspecified atom stereocenters. The summed E-state index contributed by atoms with van der Waals surface area (Å²) in [5, 5.41) is 12.2. The molecule has 22 heavy (non-hydrogen) atoms. The highest BCUT2D eigenvalue weighted by Gasteiger charge is 2.14. The van der Waals surface area contributed by atoms with Crippen molar-refractivity contribution in [2.75, 3.05) is 12.0 Å². The molecule has 3 N–H and O–H groups in total. The smallest absolute Gasteiger partial charge is 0.334 e. The first-order chi connectivity index (χ1) is 10.8. The number of fused-ring (bicyclic) bond motifs is 1. The Bertz CT molecular complexity index is 770. The van der Waals surface area contributed by atoms with Crippen molar-refractivity contribution < 1.29 is 9.90 Å². The van der Waals surface area contributed by atoms with Crippen LogP contribution in [-0.2, 0) is 0 Å². The van der Waals surface area contributed by atoms with Crippen LogP contribution in [0.1, 0.15) is 11.6 Å². The molecule has 112 valence electrons. The minimum Gasteiger partial charge on any atom is -0.394 e. The molecular formula is C16H16N4O2. The first-order valence-electron chi connectivity index (χ1n) is 6.93. The van der Waals surface area contributed by atoms with E-state index in [1.54, 1.807) is 11.0 Å². The first-order valence-corrected chi connectivity index (χ1v) is 6.93. The van der Waals surface area contributed by atoms with Crippen LogP contribution in [0.15, 0.2) is 60.9 Å². The maximum Gasteiger partial charge on any atom is 0.334 e. The van der Waals surface area contributed by atoms with E-state index in [0.29, 0.717) is 0 Å². The van der Waals surface area contributed by atoms with Gasteiger partial charge in [0.25, 0.3) is 0 Å². The third-order valence-corrected chi connectivity index (χ3v) is 3.37. The minimum absolute atomic E-state index is 0.178. The molecule has 0 aliphatic rings. The number of carbonyl (C=O) groups excluding carboxylic acids is 1. The second kappa shape index (κ2) is 6.28. The van der Waals surface area contributed by atoms with Gasteiger partial charge in [0.1, 0.15) is 6.33 Å². The molecule has 6 heteroatoms. The van der Waals surface area contributed by atoms with Crippen LogP contribution in [0.5, 0.6) is 0 Å². The number of aliphatic hydroxyl groups excluding tert-OH is 1. The average molecular weight is 296 g/mol.